The van der Waals surface area contributed by atoms with Crippen molar-refractivity contribution in [3.8, 4) is 11.5 Å². The van der Waals surface area contributed by atoms with E-state index in [-0.39, 0.29) is 25.7 Å². The number of benzene rings is 1. The third-order valence-corrected chi connectivity index (χ3v) is 4.88. The van der Waals surface area contributed by atoms with Gasteiger partial charge >= 0.3 is 0 Å². The maximum absolute atomic E-state index is 12.1. The maximum Gasteiger partial charge on any atom is 0.232 e. The fourth-order valence-corrected chi connectivity index (χ4v) is 3.38. The van der Waals surface area contributed by atoms with Crippen LogP contribution in [-0.4, -0.2) is 51.9 Å². The van der Waals surface area contributed by atoms with Gasteiger partial charge in [-0.15, -0.1) is 0 Å². The summed E-state index contributed by atoms with van der Waals surface area (Å²) in [4.78, 5) is 13.8. The number of carbonyl (C=O) groups is 1. The molecule has 1 heterocycles. The Balaban J connectivity index is 2.17. The minimum atomic E-state index is -3.50. The Kier molecular flexibility index (Phi) is 5.35. The first-order chi connectivity index (χ1) is 10.9. The van der Waals surface area contributed by atoms with Gasteiger partial charge in [0.05, 0.1) is 11.9 Å². The van der Waals surface area contributed by atoms with Gasteiger partial charge in [-0.1, -0.05) is 0 Å². The lowest BCUT2D eigenvalue weighted by Gasteiger charge is -2.24. The molecule has 1 amide bonds. The van der Waals surface area contributed by atoms with Crippen molar-refractivity contribution in [3.63, 3.8) is 0 Å². The standard InChI is InChI=1S/C15H22N2O5S/c1-4-16(5-2)15(18)8-9-17(23(3,19)20)12-6-7-13-14(10-12)22-11-21-13/h6-7,10H,4-5,8-9,11H2,1-3H3. The second-order valence-electron chi connectivity index (χ2n) is 5.19. The highest BCUT2D eigenvalue weighted by Crippen LogP contribution is 2.36. The van der Waals surface area contributed by atoms with E-state index >= 15 is 0 Å². The minimum Gasteiger partial charge on any atom is -0.454 e. The van der Waals surface area contributed by atoms with Gasteiger partial charge in [-0.3, -0.25) is 9.10 Å². The monoisotopic (exact) mass is 342 g/mol. The fourth-order valence-electron chi connectivity index (χ4n) is 2.46. The SMILES string of the molecule is CCN(CC)C(=O)CCN(c1ccc2c(c1)OCO2)S(C)(=O)=O. The quantitative estimate of drug-likeness (QED) is 0.749. The molecule has 0 fully saturated rings. The van der Waals surface area contributed by atoms with Crippen LogP contribution in [0.4, 0.5) is 5.69 Å². The third kappa shape index (κ3) is 4.07. The zero-order valence-corrected chi connectivity index (χ0v) is 14.4. The summed E-state index contributed by atoms with van der Waals surface area (Å²) in [5, 5.41) is 0. The summed E-state index contributed by atoms with van der Waals surface area (Å²) in [5.74, 6) is 1.03. The molecule has 2 rings (SSSR count). The molecule has 7 nitrogen and oxygen atoms in total. The Hall–Kier alpha value is -1.96. The van der Waals surface area contributed by atoms with Gasteiger partial charge in [-0.25, -0.2) is 8.42 Å². The maximum atomic E-state index is 12.1. The summed E-state index contributed by atoms with van der Waals surface area (Å²) in [7, 11) is -3.50. The zero-order valence-electron chi connectivity index (χ0n) is 13.6. The molecular formula is C15H22N2O5S. The molecule has 0 N–H and O–H groups in total. The minimum absolute atomic E-state index is 0.0654. The van der Waals surface area contributed by atoms with Crippen LogP contribution >= 0.6 is 0 Å². The van der Waals surface area contributed by atoms with Crippen molar-refractivity contribution in [2.45, 2.75) is 20.3 Å². The fraction of sp³-hybridized carbons (Fsp3) is 0.533. The molecule has 0 atom stereocenters. The molecule has 0 saturated heterocycles. The highest BCUT2D eigenvalue weighted by molar-refractivity contribution is 7.92. The highest BCUT2D eigenvalue weighted by Gasteiger charge is 2.23. The number of hydrogen-bond donors (Lipinski definition) is 0. The van der Waals surface area contributed by atoms with Crippen molar-refractivity contribution < 1.29 is 22.7 Å². The van der Waals surface area contributed by atoms with Crippen molar-refractivity contribution >= 4 is 21.6 Å². The van der Waals surface area contributed by atoms with Crippen LogP contribution in [-0.2, 0) is 14.8 Å². The third-order valence-electron chi connectivity index (χ3n) is 3.69. The Morgan fingerprint density at radius 3 is 2.43 bits per heavy atom. The number of fused-ring (bicyclic) bond motifs is 1. The summed E-state index contributed by atoms with van der Waals surface area (Å²) >= 11 is 0. The van der Waals surface area contributed by atoms with Gasteiger partial charge in [-0.05, 0) is 26.0 Å². The molecule has 0 unspecified atom stereocenters. The number of nitrogens with zero attached hydrogens (tertiary/aromatic N) is 2. The van der Waals surface area contributed by atoms with Crippen LogP contribution < -0.4 is 13.8 Å². The smallest absolute Gasteiger partial charge is 0.232 e. The van der Waals surface area contributed by atoms with Gasteiger partial charge in [0.25, 0.3) is 0 Å². The van der Waals surface area contributed by atoms with Crippen molar-refractivity contribution in [3.05, 3.63) is 18.2 Å². The van der Waals surface area contributed by atoms with Gasteiger partial charge in [-0.2, -0.15) is 0 Å². The summed E-state index contributed by atoms with van der Waals surface area (Å²) in [6.45, 7) is 5.23. The van der Waals surface area contributed by atoms with E-state index in [4.69, 9.17) is 9.47 Å². The first-order valence-corrected chi connectivity index (χ1v) is 9.36. The highest BCUT2D eigenvalue weighted by atomic mass is 32.2. The predicted octanol–water partition coefficient (Wildman–Crippen LogP) is 1.44. The molecule has 0 saturated carbocycles. The topological polar surface area (TPSA) is 76.2 Å². The van der Waals surface area contributed by atoms with Crippen LogP contribution in [0.1, 0.15) is 20.3 Å². The Labute approximate surface area is 136 Å². The molecule has 1 aliphatic rings. The molecular weight excluding hydrogens is 320 g/mol. The Morgan fingerprint density at radius 2 is 1.83 bits per heavy atom. The lowest BCUT2D eigenvalue weighted by Crippen LogP contribution is -2.36. The number of ether oxygens (including phenoxy) is 2. The van der Waals surface area contributed by atoms with Gasteiger partial charge < -0.3 is 14.4 Å². The summed E-state index contributed by atoms with van der Waals surface area (Å²) in [6.07, 6.45) is 1.25. The molecule has 0 radical (unpaired) electrons. The average Bonchev–Trinajstić information content (AvgIpc) is 2.95. The molecule has 0 spiro atoms. The van der Waals surface area contributed by atoms with Crippen molar-refractivity contribution in [1.29, 1.82) is 0 Å². The molecule has 23 heavy (non-hydrogen) atoms. The van der Waals surface area contributed by atoms with Crippen LogP contribution in [0.25, 0.3) is 0 Å². The van der Waals surface area contributed by atoms with Crippen LogP contribution in [0.5, 0.6) is 11.5 Å². The molecule has 8 heteroatoms. The van der Waals surface area contributed by atoms with Crippen molar-refractivity contribution in [2.24, 2.45) is 0 Å². The van der Waals surface area contributed by atoms with E-state index in [2.05, 4.69) is 0 Å². The van der Waals surface area contributed by atoms with Crippen LogP contribution in [0.2, 0.25) is 0 Å². The zero-order chi connectivity index (χ0) is 17.0. The van der Waals surface area contributed by atoms with Crippen LogP contribution in [0.15, 0.2) is 18.2 Å². The van der Waals surface area contributed by atoms with E-state index in [1.54, 1.807) is 23.1 Å². The van der Waals surface area contributed by atoms with Crippen LogP contribution in [0, 0.1) is 0 Å². The molecule has 1 aliphatic heterocycles. The van der Waals surface area contributed by atoms with E-state index in [1.165, 1.54) is 4.31 Å². The van der Waals surface area contributed by atoms with Crippen molar-refractivity contribution in [1.82, 2.24) is 4.90 Å². The Bertz CT molecular complexity index is 670. The largest absolute Gasteiger partial charge is 0.454 e. The number of rotatable bonds is 7. The normalized spacial score (nSPS) is 13.0. The molecule has 1 aromatic rings. The predicted molar refractivity (Wildman–Crippen MR) is 87.3 cm³/mol. The Morgan fingerprint density at radius 1 is 1.17 bits per heavy atom. The molecule has 0 aromatic heterocycles. The van der Waals surface area contributed by atoms with Crippen LogP contribution in [0.3, 0.4) is 0 Å². The summed E-state index contributed by atoms with van der Waals surface area (Å²) < 4.78 is 35.9. The van der Waals surface area contributed by atoms with Gasteiger partial charge in [0.1, 0.15) is 0 Å². The van der Waals surface area contributed by atoms with Gasteiger partial charge in [0, 0.05) is 32.1 Å². The van der Waals surface area contributed by atoms with E-state index in [1.807, 2.05) is 13.8 Å². The van der Waals surface area contributed by atoms with Gasteiger partial charge in [0.2, 0.25) is 22.7 Å². The van der Waals surface area contributed by atoms with Crippen molar-refractivity contribution in [2.75, 3.05) is 37.0 Å². The average molecular weight is 342 g/mol. The molecule has 128 valence electrons. The van der Waals surface area contributed by atoms with E-state index in [0.29, 0.717) is 30.3 Å². The number of anilines is 1. The first-order valence-electron chi connectivity index (χ1n) is 7.52. The number of hydrogen-bond acceptors (Lipinski definition) is 5. The lowest BCUT2D eigenvalue weighted by atomic mass is 10.2. The lowest BCUT2D eigenvalue weighted by molar-refractivity contribution is -0.130. The second-order valence-corrected chi connectivity index (χ2v) is 7.10. The number of carbonyl (C=O) groups excluding carboxylic acids is 1. The van der Waals surface area contributed by atoms with Gasteiger partial charge in [0.15, 0.2) is 11.5 Å². The summed E-state index contributed by atoms with van der Waals surface area (Å²) in [6, 6.07) is 4.93. The molecule has 0 bridgehead atoms. The second kappa shape index (κ2) is 7.08. The molecule has 0 aliphatic carbocycles. The molecule has 1 aromatic carbocycles. The summed E-state index contributed by atoms with van der Waals surface area (Å²) in [5.41, 5.74) is 0.462. The number of sulfonamides is 1. The van der Waals surface area contributed by atoms with E-state index in [0.717, 1.165) is 6.26 Å². The first kappa shape index (κ1) is 17.4. The van der Waals surface area contributed by atoms with E-state index < -0.39 is 10.0 Å². The number of amides is 1. The van der Waals surface area contributed by atoms with E-state index in [9.17, 15) is 13.2 Å².